The quantitative estimate of drug-likeness (QED) is 0.279. The maximum absolute atomic E-state index is 12.9. The van der Waals surface area contributed by atoms with Gasteiger partial charge in [-0.25, -0.2) is 8.70 Å². The summed E-state index contributed by atoms with van der Waals surface area (Å²) in [7, 11) is 0. The van der Waals surface area contributed by atoms with Gasteiger partial charge in [0, 0.05) is 36.4 Å². The van der Waals surface area contributed by atoms with Crippen LogP contribution in [0, 0.1) is 18.2 Å². The first-order valence-electron chi connectivity index (χ1n) is 13.1. The molecule has 0 unspecified atom stereocenters. The number of aliphatic imine (C=N–C) groups is 1. The summed E-state index contributed by atoms with van der Waals surface area (Å²) in [5.41, 5.74) is 4.46. The molecule has 2 aliphatic heterocycles. The number of hydrogen-bond donors (Lipinski definition) is 0. The number of allylic oxidation sites excluding steroid dienone is 3. The van der Waals surface area contributed by atoms with E-state index in [1.165, 1.54) is 81.0 Å². The van der Waals surface area contributed by atoms with Gasteiger partial charge in [-0.2, -0.15) is 0 Å². The Balaban J connectivity index is 0.000000214. The van der Waals surface area contributed by atoms with Gasteiger partial charge in [0.25, 0.3) is 0 Å². The molecule has 0 aliphatic carbocycles. The van der Waals surface area contributed by atoms with Crippen molar-refractivity contribution in [1.82, 2.24) is 9.21 Å². The van der Waals surface area contributed by atoms with Gasteiger partial charge in [-0.3, -0.25) is 4.99 Å². The summed E-state index contributed by atoms with van der Waals surface area (Å²) in [6.07, 6.45) is 8.99. The highest BCUT2D eigenvalue weighted by Gasteiger charge is 2.32. The Bertz CT molecular complexity index is 1030. The molecule has 2 aromatic rings. The van der Waals surface area contributed by atoms with Gasteiger partial charge in [-0.1, -0.05) is 43.3 Å². The molecule has 0 amide bonds. The average molecular weight is 508 g/mol. The maximum atomic E-state index is 12.9. The summed E-state index contributed by atoms with van der Waals surface area (Å²) < 4.78 is 15.5. The van der Waals surface area contributed by atoms with Gasteiger partial charge in [-0.05, 0) is 118 Å². The van der Waals surface area contributed by atoms with Crippen LogP contribution in [0.2, 0.25) is 0 Å². The first kappa shape index (κ1) is 28.4. The zero-order valence-electron chi connectivity index (χ0n) is 22.5. The van der Waals surface area contributed by atoms with E-state index < -0.39 is 0 Å². The molecule has 36 heavy (non-hydrogen) atoms. The van der Waals surface area contributed by atoms with Crippen LogP contribution in [0.15, 0.2) is 76.8 Å². The summed E-state index contributed by atoms with van der Waals surface area (Å²) in [6.45, 7) is 18.5. The maximum Gasteiger partial charge on any atom is 0.123 e. The van der Waals surface area contributed by atoms with Gasteiger partial charge < -0.3 is 4.90 Å². The summed E-state index contributed by atoms with van der Waals surface area (Å²) in [6, 6.07) is 15.4. The first-order valence-corrected chi connectivity index (χ1v) is 13.8. The number of benzene rings is 2. The van der Waals surface area contributed by atoms with E-state index in [1.54, 1.807) is 12.3 Å². The number of piperidine rings is 1. The largest absolute Gasteiger partial charge is 0.303 e. The second kappa shape index (κ2) is 13.9. The number of nitrogens with zero attached hydrogens (tertiary/aromatic N) is 3. The average Bonchev–Trinajstić information content (AvgIpc) is 3.35. The monoisotopic (exact) mass is 507 g/mol. The van der Waals surface area contributed by atoms with Crippen LogP contribution in [0.5, 0.6) is 0 Å². The minimum absolute atomic E-state index is 0.225. The predicted molar refractivity (Wildman–Crippen MR) is 155 cm³/mol. The van der Waals surface area contributed by atoms with Crippen molar-refractivity contribution in [3.63, 3.8) is 0 Å². The van der Waals surface area contributed by atoms with Crippen LogP contribution in [-0.4, -0.2) is 48.1 Å². The standard InChI is InChI=1S/C18H28N2S.C13H14FN/c1-16-5-7-17(8-6-16)21-20-13-9-18(2,10-14-20)15-19-11-3-4-12-19;1-10(2)15-8-7-11(3)12-5-4-6-13(14)9-12/h5-8H,3-4,9-15H2,1-2H3;4-9H,1H2,2-3H3/b;11-7+,15-8?. The number of hydrogen-bond acceptors (Lipinski definition) is 4. The Hall–Kier alpha value is -2.21. The highest BCUT2D eigenvalue weighted by molar-refractivity contribution is 7.97. The number of rotatable bonds is 7. The summed E-state index contributed by atoms with van der Waals surface area (Å²) in [5, 5.41) is 0. The van der Waals surface area contributed by atoms with Crippen LogP contribution in [0.4, 0.5) is 4.39 Å². The summed E-state index contributed by atoms with van der Waals surface area (Å²) >= 11 is 1.94. The molecule has 2 aliphatic rings. The third kappa shape index (κ3) is 9.68. The van der Waals surface area contributed by atoms with Crippen LogP contribution < -0.4 is 0 Å². The predicted octanol–water partition coefficient (Wildman–Crippen LogP) is 8.03. The fourth-order valence-corrected chi connectivity index (χ4v) is 5.53. The minimum atomic E-state index is -0.225. The lowest BCUT2D eigenvalue weighted by molar-refractivity contribution is 0.122. The molecule has 4 rings (SSSR count). The first-order chi connectivity index (χ1) is 17.2. The Morgan fingerprint density at radius 2 is 1.72 bits per heavy atom. The van der Waals surface area contributed by atoms with E-state index in [2.05, 4.69) is 58.9 Å². The molecule has 5 heteroatoms. The summed E-state index contributed by atoms with van der Waals surface area (Å²) in [4.78, 5) is 8.08. The van der Waals surface area contributed by atoms with E-state index in [4.69, 9.17) is 0 Å². The molecule has 0 spiro atoms. The third-order valence-corrected chi connectivity index (χ3v) is 7.99. The second-order valence-electron chi connectivity index (χ2n) is 10.5. The van der Waals surface area contributed by atoms with E-state index in [9.17, 15) is 4.39 Å². The molecule has 2 heterocycles. The normalized spacial score (nSPS) is 18.8. The highest BCUT2D eigenvalue weighted by atomic mass is 32.2. The van der Waals surface area contributed by atoms with Crippen LogP contribution in [0.1, 0.15) is 57.6 Å². The molecular formula is C31H42FN3S. The number of likely N-dealkylation sites (tertiary alicyclic amines) is 1. The number of aryl methyl sites for hydroxylation is 1. The smallest absolute Gasteiger partial charge is 0.123 e. The van der Waals surface area contributed by atoms with Crippen molar-refractivity contribution in [2.45, 2.75) is 58.3 Å². The van der Waals surface area contributed by atoms with Gasteiger partial charge in [0.1, 0.15) is 5.82 Å². The van der Waals surface area contributed by atoms with Crippen LogP contribution in [-0.2, 0) is 0 Å². The zero-order valence-corrected chi connectivity index (χ0v) is 23.3. The molecular weight excluding hydrogens is 465 g/mol. The van der Waals surface area contributed by atoms with Crippen molar-refractivity contribution < 1.29 is 4.39 Å². The van der Waals surface area contributed by atoms with Gasteiger partial charge in [0.05, 0.1) is 0 Å². The van der Waals surface area contributed by atoms with E-state index in [0.29, 0.717) is 5.41 Å². The van der Waals surface area contributed by atoms with Crippen molar-refractivity contribution in [2.75, 3.05) is 32.7 Å². The SMILES string of the molecule is C=C(C)N=C/C=C(\C)c1cccc(F)c1.Cc1ccc(SN2CCC(C)(CN3CCCC3)CC2)cc1. The molecule has 194 valence electrons. The molecule has 0 saturated carbocycles. The molecule has 2 aromatic carbocycles. The van der Waals surface area contributed by atoms with Crippen molar-refractivity contribution >= 4 is 23.7 Å². The van der Waals surface area contributed by atoms with E-state index in [0.717, 1.165) is 16.8 Å². The Kier molecular flexibility index (Phi) is 11.0. The molecule has 2 saturated heterocycles. The van der Waals surface area contributed by atoms with Crippen LogP contribution in [0.3, 0.4) is 0 Å². The van der Waals surface area contributed by atoms with Crippen molar-refractivity contribution in [1.29, 1.82) is 0 Å². The molecule has 3 nitrogen and oxygen atoms in total. The summed E-state index contributed by atoms with van der Waals surface area (Å²) in [5.74, 6) is -0.225. The topological polar surface area (TPSA) is 18.8 Å². The Morgan fingerprint density at radius 3 is 2.33 bits per heavy atom. The lowest BCUT2D eigenvalue weighted by Crippen LogP contribution is -2.42. The van der Waals surface area contributed by atoms with Gasteiger partial charge in [0.15, 0.2) is 0 Å². The Labute approximate surface area is 222 Å². The van der Waals surface area contributed by atoms with Gasteiger partial charge in [0.2, 0.25) is 0 Å². The van der Waals surface area contributed by atoms with Crippen LogP contribution in [0.25, 0.3) is 5.57 Å². The second-order valence-corrected chi connectivity index (χ2v) is 11.7. The highest BCUT2D eigenvalue weighted by Crippen LogP contribution is 2.36. The molecule has 0 radical (unpaired) electrons. The molecule has 0 bridgehead atoms. The van der Waals surface area contributed by atoms with Gasteiger partial charge >= 0.3 is 0 Å². The number of halogens is 1. The van der Waals surface area contributed by atoms with E-state index >= 15 is 0 Å². The molecule has 2 fully saturated rings. The van der Waals surface area contributed by atoms with Gasteiger partial charge in [-0.15, -0.1) is 0 Å². The lowest BCUT2D eigenvalue weighted by Gasteiger charge is -2.41. The van der Waals surface area contributed by atoms with Crippen molar-refractivity contribution in [2.24, 2.45) is 10.4 Å². The fraction of sp³-hybridized carbons (Fsp3) is 0.452. The van der Waals surface area contributed by atoms with Crippen molar-refractivity contribution in [3.8, 4) is 0 Å². The fourth-order valence-electron chi connectivity index (χ4n) is 4.61. The Morgan fingerprint density at radius 1 is 1.06 bits per heavy atom. The molecule has 0 atom stereocenters. The van der Waals surface area contributed by atoms with Crippen LogP contribution >= 0.6 is 11.9 Å². The third-order valence-electron chi connectivity index (χ3n) is 6.89. The molecule has 0 aromatic heterocycles. The van der Waals surface area contributed by atoms with Crippen molar-refractivity contribution in [3.05, 3.63) is 83.8 Å². The van der Waals surface area contributed by atoms with E-state index in [1.807, 2.05) is 37.9 Å². The molecule has 0 N–H and O–H groups in total. The minimum Gasteiger partial charge on any atom is -0.303 e. The van der Waals surface area contributed by atoms with E-state index in [-0.39, 0.29) is 5.82 Å². The zero-order chi connectivity index (χ0) is 26.0. The lowest BCUT2D eigenvalue weighted by atomic mass is 9.80.